The molecule has 3 heterocycles. The maximum absolute atomic E-state index is 12.6. The molecule has 20 heavy (non-hydrogen) atoms. The standard InChI is InChI=1S/C16H10N2OS/c19-16-13(11-4-2-1-3-5-11)6-7-14-15-12(8-9-20-15)10-17-18(14)16/h1-10H. The topological polar surface area (TPSA) is 34.4 Å². The molecular formula is C16H10N2OS. The van der Waals surface area contributed by atoms with Crippen LogP contribution in [0.4, 0.5) is 0 Å². The monoisotopic (exact) mass is 278 g/mol. The molecule has 0 radical (unpaired) electrons. The second-order valence-corrected chi connectivity index (χ2v) is 5.48. The fourth-order valence-electron chi connectivity index (χ4n) is 2.40. The number of hydrogen-bond donors (Lipinski definition) is 0. The Morgan fingerprint density at radius 2 is 1.85 bits per heavy atom. The van der Waals surface area contributed by atoms with Crippen LogP contribution in [-0.4, -0.2) is 9.61 Å². The summed E-state index contributed by atoms with van der Waals surface area (Å²) in [5, 5.41) is 7.37. The predicted octanol–water partition coefficient (Wildman–Crippen LogP) is 3.58. The molecule has 0 aliphatic heterocycles. The van der Waals surface area contributed by atoms with Crippen LogP contribution in [0.2, 0.25) is 0 Å². The van der Waals surface area contributed by atoms with Crippen LogP contribution >= 0.6 is 11.3 Å². The van der Waals surface area contributed by atoms with E-state index < -0.39 is 0 Å². The molecule has 0 saturated carbocycles. The summed E-state index contributed by atoms with van der Waals surface area (Å²) in [7, 11) is 0. The van der Waals surface area contributed by atoms with Crippen molar-refractivity contribution in [2.24, 2.45) is 0 Å². The van der Waals surface area contributed by atoms with Gasteiger partial charge in [0.05, 0.1) is 16.4 Å². The van der Waals surface area contributed by atoms with Crippen LogP contribution in [0.1, 0.15) is 0 Å². The van der Waals surface area contributed by atoms with Gasteiger partial charge in [-0.05, 0) is 29.1 Å². The van der Waals surface area contributed by atoms with E-state index in [4.69, 9.17) is 0 Å². The highest BCUT2D eigenvalue weighted by Crippen LogP contribution is 2.25. The number of pyridine rings is 1. The lowest BCUT2D eigenvalue weighted by molar-refractivity contribution is 0.902. The van der Waals surface area contributed by atoms with E-state index in [1.807, 2.05) is 53.9 Å². The number of thiophene rings is 1. The van der Waals surface area contributed by atoms with Crippen LogP contribution in [0.15, 0.2) is 64.9 Å². The SMILES string of the molecule is O=c1c(-c2ccccc2)ccc2c3sccc3cnn12. The highest BCUT2D eigenvalue weighted by molar-refractivity contribution is 7.18. The molecule has 1 aromatic carbocycles. The first kappa shape index (κ1) is 11.4. The van der Waals surface area contributed by atoms with Gasteiger partial charge < -0.3 is 0 Å². The van der Waals surface area contributed by atoms with Gasteiger partial charge in [0.2, 0.25) is 0 Å². The van der Waals surface area contributed by atoms with Crippen molar-refractivity contribution in [3.05, 3.63) is 70.5 Å². The quantitative estimate of drug-likeness (QED) is 0.533. The van der Waals surface area contributed by atoms with Crippen molar-refractivity contribution in [1.82, 2.24) is 9.61 Å². The Bertz CT molecular complexity index is 970. The normalized spacial score (nSPS) is 11.2. The number of hydrogen-bond acceptors (Lipinski definition) is 3. The van der Waals surface area contributed by atoms with Crippen molar-refractivity contribution in [2.75, 3.05) is 0 Å². The molecule has 0 bridgehead atoms. The number of fused-ring (bicyclic) bond motifs is 3. The molecule has 3 nitrogen and oxygen atoms in total. The van der Waals surface area contributed by atoms with Crippen molar-refractivity contribution in [3.63, 3.8) is 0 Å². The summed E-state index contributed by atoms with van der Waals surface area (Å²) < 4.78 is 2.58. The third-order valence-electron chi connectivity index (χ3n) is 3.38. The van der Waals surface area contributed by atoms with Crippen molar-refractivity contribution < 1.29 is 0 Å². The summed E-state index contributed by atoms with van der Waals surface area (Å²) in [5.41, 5.74) is 2.37. The van der Waals surface area contributed by atoms with E-state index in [2.05, 4.69) is 5.10 Å². The molecule has 96 valence electrons. The van der Waals surface area contributed by atoms with Gasteiger partial charge >= 0.3 is 0 Å². The van der Waals surface area contributed by atoms with Crippen LogP contribution in [0.3, 0.4) is 0 Å². The Morgan fingerprint density at radius 1 is 1.00 bits per heavy atom. The highest BCUT2D eigenvalue weighted by atomic mass is 32.1. The maximum atomic E-state index is 12.6. The predicted molar refractivity (Wildman–Crippen MR) is 82.3 cm³/mol. The van der Waals surface area contributed by atoms with Gasteiger partial charge in [-0.1, -0.05) is 30.3 Å². The molecule has 4 aromatic rings. The van der Waals surface area contributed by atoms with E-state index in [-0.39, 0.29) is 5.56 Å². The first-order chi connectivity index (χ1) is 9.84. The Hall–Kier alpha value is -2.46. The molecule has 0 saturated heterocycles. The van der Waals surface area contributed by atoms with E-state index in [1.165, 1.54) is 4.52 Å². The summed E-state index contributed by atoms with van der Waals surface area (Å²) in [6.07, 6.45) is 1.75. The minimum absolute atomic E-state index is 0.0796. The number of benzene rings is 1. The minimum atomic E-state index is -0.0796. The van der Waals surface area contributed by atoms with Crippen molar-refractivity contribution in [2.45, 2.75) is 0 Å². The number of rotatable bonds is 1. The van der Waals surface area contributed by atoms with E-state index in [0.717, 1.165) is 21.2 Å². The molecule has 0 amide bonds. The smallest absolute Gasteiger partial charge is 0.267 e. The van der Waals surface area contributed by atoms with Crippen LogP contribution in [-0.2, 0) is 0 Å². The fraction of sp³-hybridized carbons (Fsp3) is 0. The van der Waals surface area contributed by atoms with Crippen LogP contribution in [0.25, 0.3) is 26.7 Å². The van der Waals surface area contributed by atoms with Gasteiger partial charge in [0, 0.05) is 10.9 Å². The molecule has 0 N–H and O–H groups in total. The zero-order chi connectivity index (χ0) is 13.5. The van der Waals surface area contributed by atoms with Crippen LogP contribution in [0, 0.1) is 0 Å². The summed E-state index contributed by atoms with van der Waals surface area (Å²) >= 11 is 1.63. The second kappa shape index (κ2) is 4.28. The molecule has 0 spiro atoms. The van der Waals surface area contributed by atoms with Crippen molar-refractivity contribution in [1.29, 1.82) is 0 Å². The van der Waals surface area contributed by atoms with E-state index in [9.17, 15) is 4.79 Å². The van der Waals surface area contributed by atoms with E-state index >= 15 is 0 Å². The summed E-state index contributed by atoms with van der Waals surface area (Å²) in [4.78, 5) is 12.6. The molecule has 3 aromatic heterocycles. The Morgan fingerprint density at radius 3 is 2.70 bits per heavy atom. The van der Waals surface area contributed by atoms with Gasteiger partial charge in [0.25, 0.3) is 5.56 Å². The zero-order valence-electron chi connectivity index (χ0n) is 10.5. The Labute approximate surface area is 118 Å². The maximum Gasteiger partial charge on any atom is 0.279 e. The Balaban J connectivity index is 2.10. The van der Waals surface area contributed by atoms with Crippen molar-refractivity contribution >= 4 is 26.9 Å². The van der Waals surface area contributed by atoms with Crippen molar-refractivity contribution in [3.8, 4) is 11.1 Å². The minimum Gasteiger partial charge on any atom is -0.267 e. The lowest BCUT2D eigenvalue weighted by Crippen LogP contribution is -2.17. The van der Waals surface area contributed by atoms with Gasteiger partial charge in [-0.3, -0.25) is 4.79 Å². The summed E-state index contributed by atoms with van der Waals surface area (Å²) in [6.45, 7) is 0. The lowest BCUT2D eigenvalue weighted by Gasteiger charge is -2.04. The molecule has 4 rings (SSSR count). The molecule has 0 unspecified atom stereocenters. The van der Waals surface area contributed by atoms with Gasteiger partial charge in [-0.2, -0.15) is 9.61 Å². The number of nitrogens with zero attached hydrogens (tertiary/aromatic N) is 2. The summed E-state index contributed by atoms with van der Waals surface area (Å²) in [6, 6.07) is 15.5. The molecular weight excluding hydrogens is 268 g/mol. The highest BCUT2D eigenvalue weighted by Gasteiger charge is 2.09. The largest absolute Gasteiger partial charge is 0.279 e. The van der Waals surface area contributed by atoms with Gasteiger partial charge in [-0.25, -0.2) is 0 Å². The summed E-state index contributed by atoms with van der Waals surface area (Å²) in [5.74, 6) is 0. The average Bonchev–Trinajstić information content (AvgIpc) is 2.97. The average molecular weight is 278 g/mol. The lowest BCUT2D eigenvalue weighted by atomic mass is 10.1. The van der Waals surface area contributed by atoms with Crippen LogP contribution in [0.5, 0.6) is 0 Å². The molecule has 0 fully saturated rings. The van der Waals surface area contributed by atoms with Crippen LogP contribution < -0.4 is 5.56 Å². The van der Waals surface area contributed by atoms with E-state index in [0.29, 0.717) is 5.56 Å². The van der Waals surface area contributed by atoms with Gasteiger partial charge in [0.1, 0.15) is 0 Å². The third kappa shape index (κ3) is 1.58. The zero-order valence-corrected chi connectivity index (χ0v) is 11.3. The molecule has 0 atom stereocenters. The first-order valence-corrected chi connectivity index (χ1v) is 7.16. The Kier molecular flexibility index (Phi) is 2.44. The fourth-order valence-corrected chi connectivity index (χ4v) is 3.28. The van der Waals surface area contributed by atoms with Gasteiger partial charge in [0.15, 0.2) is 0 Å². The number of aromatic nitrogens is 2. The first-order valence-electron chi connectivity index (χ1n) is 6.28. The second-order valence-electron chi connectivity index (χ2n) is 4.56. The third-order valence-corrected chi connectivity index (χ3v) is 4.34. The van der Waals surface area contributed by atoms with E-state index in [1.54, 1.807) is 17.5 Å². The molecule has 4 heteroatoms. The van der Waals surface area contributed by atoms with Gasteiger partial charge in [-0.15, -0.1) is 11.3 Å². The molecule has 0 aliphatic carbocycles. The molecule has 0 aliphatic rings.